The van der Waals surface area contributed by atoms with E-state index in [1.807, 2.05) is 52.8 Å². The van der Waals surface area contributed by atoms with Crippen LogP contribution >= 0.6 is 0 Å². The summed E-state index contributed by atoms with van der Waals surface area (Å²) in [5, 5.41) is 6.04. The standard InChI is InChI=1S/C25H29N5O4S/c1-15-8-6-9-16(2)22(15)19-13-21-28-24(27-19)30-35(32,33)18-11-7-10-17(12-18)26-20(14-34-21)23(31)29-25(3,4)5/h6-13,20,26H,14H2,1-5H3,(H,29,31)(H,27,28,30). The summed E-state index contributed by atoms with van der Waals surface area (Å²) in [6.07, 6.45) is 0. The minimum Gasteiger partial charge on any atom is -0.475 e. The summed E-state index contributed by atoms with van der Waals surface area (Å²) in [5.74, 6) is -0.255. The molecule has 1 aliphatic heterocycles. The fourth-order valence-corrected chi connectivity index (χ4v) is 4.82. The first-order valence-electron chi connectivity index (χ1n) is 11.2. The van der Waals surface area contributed by atoms with Crippen molar-refractivity contribution < 1.29 is 17.9 Å². The highest BCUT2D eigenvalue weighted by Gasteiger charge is 2.26. The number of anilines is 2. The number of hydrogen-bond acceptors (Lipinski definition) is 7. The lowest BCUT2D eigenvalue weighted by Crippen LogP contribution is -2.50. The van der Waals surface area contributed by atoms with Gasteiger partial charge in [0, 0.05) is 22.9 Å². The van der Waals surface area contributed by atoms with Gasteiger partial charge < -0.3 is 15.4 Å². The van der Waals surface area contributed by atoms with E-state index in [0.717, 1.165) is 16.7 Å². The second kappa shape index (κ2) is 9.18. The lowest BCUT2D eigenvalue weighted by molar-refractivity contribution is -0.123. The molecule has 0 saturated heterocycles. The van der Waals surface area contributed by atoms with Crippen molar-refractivity contribution in [3.05, 3.63) is 59.7 Å². The molecule has 2 heterocycles. The molecule has 0 aliphatic carbocycles. The number of aromatic nitrogens is 2. The zero-order chi connectivity index (χ0) is 25.4. The van der Waals surface area contributed by atoms with Crippen LogP contribution < -0.4 is 20.1 Å². The SMILES string of the molecule is Cc1cccc(C)c1-c1cc2nc(n1)NS(=O)(=O)c1cccc(c1)NC(C(=O)NC(C)(C)C)CO2. The second-order valence-electron chi connectivity index (χ2n) is 9.56. The molecule has 2 aromatic carbocycles. The average Bonchev–Trinajstić information content (AvgIpc) is 2.74. The Morgan fingerprint density at radius 1 is 1.06 bits per heavy atom. The van der Waals surface area contributed by atoms with Gasteiger partial charge in [0.05, 0.1) is 10.6 Å². The molecular formula is C25H29N5O4S. The maximum absolute atomic E-state index is 13.1. The molecule has 10 heteroatoms. The van der Waals surface area contributed by atoms with E-state index < -0.39 is 21.6 Å². The van der Waals surface area contributed by atoms with Crippen LogP contribution in [-0.2, 0) is 14.8 Å². The van der Waals surface area contributed by atoms with Crippen molar-refractivity contribution in [3.63, 3.8) is 0 Å². The summed E-state index contributed by atoms with van der Waals surface area (Å²) in [4.78, 5) is 21.8. The summed E-state index contributed by atoms with van der Waals surface area (Å²) in [5.41, 5.74) is 3.32. The lowest BCUT2D eigenvalue weighted by atomic mass is 10.00. The van der Waals surface area contributed by atoms with E-state index in [1.54, 1.807) is 18.2 Å². The van der Waals surface area contributed by atoms with Crippen LogP contribution in [0.1, 0.15) is 31.9 Å². The van der Waals surface area contributed by atoms with Gasteiger partial charge in [-0.2, -0.15) is 4.98 Å². The summed E-state index contributed by atoms with van der Waals surface area (Å²) in [6.45, 7) is 9.51. The first-order valence-corrected chi connectivity index (χ1v) is 12.7. The Bertz CT molecular complexity index is 1360. The van der Waals surface area contributed by atoms with Crippen LogP contribution in [0.5, 0.6) is 5.88 Å². The number of carbonyl (C=O) groups is 1. The molecule has 1 amide bonds. The van der Waals surface area contributed by atoms with Gasteiger partial charge >= 0.3 is 0 Å². The molecule has 4 bridgehead atoms. The molecule has 0 spiro atoms. The van der Waals surface area contributed by atoms with E-state index >= 15 is 0 Å². The Hall–Kier alpha value is -3.66. The van der Waals surface area contributed by atoms with Gasteiger partial charge in [0.1, 0.15) is 12.6 Å². The quantitative estimate of drug-likeness (QED) is 0.496. The van der Waals surface area contributed by atoms with Gasteiger partial charge in [-0.25, -0.2) is 18.1 Å². The molecule has 1 aliphatic rings. The third kappa shape index (κ3) is 5.71. The summed E-state index contributed by atoms with van der Waals surface area (Å²) in [6, 6.07) is 12.9. The normalized spacial score (nSPS) is 17.0. The molecule has 9 nitrogen and oxygen atoms in total. The molecule has 3 aromatic rings. The number of nitrogens with one attached hydrogen (secondary N) is 3. The van der Waals surface area contributed by atoms with Crippen molar-refractivity contribution in [3.8, 4) is 17.1 Å². The van der Waals surface area contributed by atoms with E-state index in [2.05, 4.69) is 25.3 Å². The molecule has 3 N–H and O–H groups in total. The number of carbonyl (C=O) groups excluding carboxylic acids is 1. The smallest absolute Gasteiger partial charge is 0.264 e. The van der Waals surface area contributed by atoms with Crippen LogP contribution in [0.2, 0.25) is 0 Å². The fourth-order valence-electron chi connectivity index (χ4n) is 3.83. The van der Waals surface area contributed by atoms with Gasteiger partial charge in [-0.05, 0) is 63.9 Å². The minimum absolute atomic E-state index is 0.0154. The van der Waals surface area contributed by atoms with Crippen molar-refractivity contribution in [1.29, 1.82) is 0 Å². The predicted octanol–water partition coefficient (Wildman–Crippen LogP) is 3.65. The van der Waals surface area contributed by atoms with Gasteiger partial charge in [-0.15, -0.1) is 0 Å². The summed E-state index contributed by atoms with van der Waals surface area (Å²) < 4.78 is 34.7. The van der Waals surface area contributed by atoms with E-state index in [9.17, 15) is 13.2 Å². The van der Waals surface area contributed by atoms with Gasteiger partial charge in [0.2, 0.25) is 17.7 Å². The molecule has 1 unspecified atom stereocenters. The topological polar surface area (TPSA) is 122 Å². The number of fused-ring (bicyclic) bond motifs is 4. The number of rotatable bonds is 2. The summed E-state index contributed by atoms with van der Waals surface area (Å²) >= 11 is 0. The van der Waals surface area contributed by atoms with Crippen LogP contribution in [0.4, 0.5) is 11.6 Å². The number of ether oxygens (including phenoxy) is 1. The first kappa shape index (κ1) is 24.5. The van der Waals surface area contributed by atoms with Crippen molar-refractivity contribution in [2.45, 2.75) is 51.1 Å². The van der Waals surface area contributed by atoms with E-state index in [-0.39, 0.29) is 29.2 Å². The van der Waals surface area contributed by atoms with Crippen molar-refractivity contribution in [2.75, 3.05) is 16.6 Å². The summed E-state index contributed by atoms with van der Waals surface area (Å²) in [7, 11) is -4.00. The minimum atomic E-state index is -4.00. The molecule has 184 valence electrons. The Morgan fingerprint density at radius 3 is 2.43 bits per heavy atom. The maximum Gasteiger partial charge on any atom is 0.264 e. The molecule has 1 atom stereocenters. The number of benzene rings is 2. The third-order valence-electron chi connectivity index (χ3n) is 5.36. The Balaban J connectivity index is 1.83. The van der Waals surface area contributed by atoms with Gasteiger partial charge in [0.25, 0.3) is 10.0 Å². The lowest BCUT2D eigenvalue weighted by Gasteiger charge is -2.26. The average molecular weight is 496 g/mol. The number of aryl methyl sites for hydroxylation is 2. The maximum atomic E-state index is 13.1. The third-order valence-corrected chi connectivity index (χ3v) is 6.69. The predicted molar refractivity (Wildman–Crippen MR) is 135 cm³/mol. The highest BCUT2D eigenvalue weighted by molar-refractivity contribution is 7.92. The van der Waals surface area contributed by atoms with Crippen LogP contribution in [0.25, 0.3) is 11.3 Å². The molecule has 35 heavy (non-hydrogen) atoms. The number of sulfonamides is 1. The van der Waals surface area contributed by atoms with Crippen LogP contribution in [0.3, 0.4) is 0 Å². The zero-order valence-corrected chi connectivity index (χ0v) is 21.2. The molecule has 1 aromatic heterocycles. The number of hydrogen-bond donors (Lipinski definition) is 3. The number of amides is 1. The van der Waals surface area contributed by atoms with Gasteiger partial charge in [-0.3, -0.25) is 4.79 Å². The van der Waals surface area contributed by atoms with Crippen molar-refractivity contribution >= 4 is 27.6 Å². The molecule has 0 radical (unpaired) electrons. The Labute approximate surface area is 205 Å². The Morgan fingerprint density at radius 2 is 1.74 bits per heavy atom. The van der Waals surface area contributed by atoms with Crippen LogP contribution in [-0.4, -0.2) is 42.5 Å². The molecule has 0 fully saturated rings. The van der Waals surface area contributed by atoms with E-state index in [1.165, 1.54) is 12.1 Å². The Kier molecular flexibility index (Phi) is 6.42. The second-order valence-corrected chi connectivity index (χ2v) is 11.2. The monoisotopic (exact) mass is 495 g/mol. The largest absolute Gasteiger partial charge is 0.475 e. The highest BCUT2D eigenvalue weighted by Crippen LogP contribution is 2.30. The first-order chi connectivity index (χ1) is 16.4. The van der Waals surface area contributed by atoms with Crippen molar-refractivity contribution in [1.82, 2.24) is 15.3 Å². The fraction of sp³-hybridized carbons (Fsp3) is 0.320. The highest BCUT2D eigenvalue weighted by atomic mass is 32.2. The van der Waals surface area contributed by atoms with E-state index in [0.29, 0.717) is 11.4 Å². The van der Waals surface area contributed by atoms with Crippen molar-refractivity contribution in [2.24, 2.45) is 0 Å². The van der Waals surface area contributed by atoms with Gasteiger partial charge in [0.15, 0.2) is 0 Å². The van der Waals surface area contributed by atoms with Crippen LogP contribution in [0.15, 0.2) is 53.4 Å². The number of nitrogens with zero attached hydrogens (tertiary/aromatic N) is 2. The van der Waals surface area contributed by atoms with Crippen LogP contribution in [0, 0.1) is 13.8 Å². The van der Waals surface area contributed by atoms with Gasteiger partial charge in [-0.1, -0.05) is 24.3 Å². The van der Waals surface area contributed by atoms with E-state index in [4.69, 9.17) is 4.74 Å². The zero-order valence-electron chi connectivity index (χ0n) is 20.3. The molecule has 4 rings (SSSR count). The molecule has 0 saturated carbocycles. The molecular weight excluding hydrogens is 466 g/mol.